The quantitative estimate of drug-likeness (QED) is 0.593. The number of fused-ring (bicyclic) bond motifs is 1. The molecule has 0 fully saturated rings. The van der Waals surface area contributed by atoms with E-state index in [0.29, 0.717) is 4.90 Å². The fourth-order valence-corrected chi connectivity index (χ4v) is 2.14. The standard InChI is InChI=1S/C10H16N2O2/c1-10(2)7-5-3-4-6-8-9(10)11-14-12(8)13/h3-7H2,1-2H3. The molecule has 1 aliphatic carbocycles. The van der Waals surface area contributed by atoms with E-state index in [0.717, 1.165) is 30.7 Å². The van der Waals surface area contributed by atoms with Crippen LogP contribution in [-0.4, -0.2) is 5.16 Å². The normalized spacial score (nSPS) is 21.0. The predicted molar refractivity (Wildman–Crippen MR) is 50.7 cm³/mol. The van der Waals surface area contributed by atoms with Crippen LogP contribution in [0.5, 0.6) is 0 Å². The Morgan fingerprint density at radius 1 is 1.36 bits per heavy atom. The molecule has 0 aliphatic heterocycles. The van der Waals surface area contributed by atoms with Crippen LogP contribution in [0, 0.1) is 5.21 Å². The first-order valence-electron chi connectivity index (χ1n) is 5.20. The lowest BCUT2D eigenvalue weighted by molar-refractivity contribution is -0.808. The van der Waals surface area contributed by atoms with Crippen molar-refractivity contribution in [2.45, 2.75) is 51.4 Å². The van der Waals surface area contributed by atoms with Gasteiger partial charge in [0.15, 0.2) is 5.69 Å². The number of hydrogen-bond acceptors (Lipinski definition) is 3. The van der Waals surface area contributed by atoms with Gasteiger partial charge in [-0.05, 0) is 17.7 Å². The number of hydrogen-bond donors (Lipinski definition) is 0. The summed E-state index contributed by atoms with van der Waals surface area (Å²) in [6.45, 7) is 4.25. The van der Waals surface area contributed by atoms with Crippen LogP contribution in [0.2, 0.25) is 0 Å². The summed E-state index contributed by atoms with van der Waals surface area (Å²) < 4.78 is 4.68. The van der Waals surface area contributed by atoms with E-state index in [9.17, 15) is 5.21 Å². The summed E-state index contributed by atoms with van der Waals surface area (Å²) in [6.07, 6.45) is 5.33. The summed E-state index contributed by atoms with van der Waals surface area (Å²) in [5.41, 5.74) is 1.57. The highest BCUT2D eigenvalue weighted by molar-refractivity contribution is 5.16. The Morgan fingerprint density at radius 2 is 2.14 bits per heavy atom. The van der Waals surface area contributed by atoms with Gasteiger partial charge in [-0.2, -0.15) is 0 Å². The fraction of sp³-hybridized carbons (Fsp3) is 0.800. The molecule has 0 atom stereocenters. The van der Waals surface area contributed by atoms with Gasteiger partial charge < -0.3 is 5.21 Å². The van der Waals surface area contributed by atoms with E-state index >= 15 is 0 Å². The minimum Gasteiger partial charge on any atom is -0.359 e. The van der Waals surface area contributed by atoms with Gasteiger partial charge in [-0.1, -0.05) is 26.7 Å². The minimum absolute atomic E-state index is 0.0189. The molecule has 4 heteroatoms. The van der Waals surface area contributed by atoms with Crippen molar-refractivity contribution < 1.29 is 9.53 Å². The van der Waals surface area contributed by atoms with E-state index in [1.165, 1.54) is 12.8 Å². The van der Waals surface area contributed by atoms with Gasteiger partial charge in [-0.15, -0.1) is 0 Å². The number of rotatable bonds is 0. The second-order valence-corrected chi connectivity index (χ2v) is 4.67. The Bertz CT molecular complexity index is 331. The SMILES string of the molecule is CC1(C)CCCCCc2c1no[n+]2[O-]. The predicted octanol–water partition coefficient (Wildman–Crippen LogP) is 1.70. The van der Waals surface area contributed by atoms with Gasteiger partial charge in [0.2, 0.25) is 5.69 Å². The first-order chi connectivity index (χ1) is 6.61. The molecule has 0 saturated heterocycles. The molecule has 0 aromatic carbocycles. The molecule has 78 valence electrons. The summed E-state index contributed by atoms with van der Waals surface area (Å²) in [5.74, 6) is 0. The fourth-order valence-electron chi connectivity index (χ4n) is 2.14. The maximum Gasteiger partial charge on any atom is 0.226 e. The van der Waals surface area contributed by atoms with Gasteiger partial charge in [-0.25, -0.2) is 0 Å². The number of nitrogens with zero attached hydrogens (tertiary/aromatic N) is 2. The smallest absolute Gasteiger partial charge is 0.226 e. The van der Waals surface area contributed by atoms with Crippen molar-refractivity contribution in [3.05, 3.63) is 16.6 Å². The van der Waals surface area contributed by atoms with Crippen LogP contribution in [0.15, 0.2) is 4.63 Å². The zero-order chi connectivity index (χ0) is 10.2. The summed E-state index contributed by atoms with van der Waals surface area (Å²) in [5, 5.41) is 15.2. The topological polar surface area (TPSA) is 53.0 Å². The average molecular weight is 196 g/mol. The monoisotopic (exact) mass is 196 g/mol. The Kier molecular flexibility index (Phi) is 2.21. The molecule has 0 amide bonds. The van der Waals surface area contributed by atoms with Crippen molar-refractivity contribution in [1.82, 2.24) is 5.16 Å². The molecule has 14 heavy (non-hydrogen) atoms. The van der Waals surface area contributed by atoms with Crippen molar-refractivity contribution in [2.24, 2.45) is 0 Å². The second kappa shape index (κ2) is 3.26. The van der Waals surface area contributed by atoms with E-state index in [2.05, 4.69) is 23.6 Å². The van der Waals surface area contributed by atoms with E-state index in [-0.39, 0.29) is 5.41 Å². The molecule has 1 aromatic heterocycles. The highest BCUT2D eigenvalue weighted by Crippen LogP contribution is 2.31. The zero-order valence-corrected chi connectivity index (χ0v) is 8.75. The Labute approximate surface area is 83.4 Å². The third-order valence-electron chi connectivity index (χ3n) is 3.06. The van der Waals surface area contributed by atoms with Crippen molar-refractivity contribution >= 4 is 0 Å². The van der Waals surface area contributed by atoms with Crippen LogP contribution < -0.4 is 4.90 Å². The van der Waals surface area contributed by atoms with Gasteiger partial charge >= 0.3 is 0 Å². The molecule has 1 aromatic rings. The van der Waals surface area contributed by atoms with E-state index in [1.807, 2.05) is 0 Å². The summed E-state index contributed by atoms with van der Waals surface area (Å²) in [6, 6.07) is 0. The first kappa shape index (κ1) is 9.49. The molecule has 0 saturated carbocycles. The molecule has 0 radical (unpaired) electrons. The summed E-state index contributed by atoms with van der Waals surface area (Å²) in [4.78, 5) is 0.572. The van der Waals surface area contributed by atoms with Crippen LogP contribution >= 0.6 is 0 Å². The average Bonchev–Trinajstić information content (AvgIpc) is 2.45. The lowest BCUT2D eigenvalue weighted by Crippen LogP contribution is -2.31. The van der Waals surface area contributed by atoms with Crippen molar-refractivity contribution in [3.8, 4) is 0 Å². The van der Waals surface area contributed by atoms with Crippen LogP contribution in [0.25, 0.3) is 0 Å². The molecule has 1 aliphatic rings. The van der Waals surface area contributed by atoms with Gasteiger partial charge in [0, 0.05) is 17.0 Å². The number of aromatic nitrogens is 2. The molecule has 1 heterocycles. The molecular formula is C10H16N2O2. The van der Waals surface area contributed by atoms with Gasteiger partial charge in [0.1, 0.15) is 0 Å². The second-order valence-electron chi connectivity index (χ2n) is 4.67. The van der Waals surface area contributed by atoms with Gasteiger partial charge in [0.25, 0.3) is 0 Å². The van der Waals surface area contributed by atoms with Gasteiger partial charge in [-0.3, -0.25) is 4.63 Å². The third-order valence-corrected chi connectivity index (χ3v) is 3.06. The summed E-state index contributed by atoms with van der Waals surface area (Å²) >= 11 is 0. The van der Waals surface area contributed by atoms with Crippen LogP contribution in [0.3, 0.4) is 0 Å². The Balaban J connectivity index is 2.43. The Hall–Kier alpha value is -1.06. The maximum atomic E-state index is 11.3. The molecule has 4 nitrogen and oxygen atoms in total. The van der Waals surface area contributed by atoms with Crippen LogP contribution in [0.1, 0.15) is 50.9 Å². The van der Waals surface area contributed by atoms with Crippen molar-refractivity contribution in [1.29, 1.82) is 0 Å². The van der Waals surface area contributed by atoms with E-state index in [4.69, 9.17) is 0 Å². The minimum atomic E-state index is -0.0189. The molecule has 0 unspecified atom stereocenters. The van der Waals surface area contributed by atoms with E-state index < -0.39 is 0 Å². The van der Waals surface area contributed by atoms with E-state index in [1.54, 1.807) is 0 Å². The molecule has 0 N–H and O–H groups in total. The van der Waals surface area contributed by atoms with Crippen LogP contribution in [-0.2, 0) is 11.8 Å². The third kappa shape index (κ3) is 1.49. The van der Waals surface area contributed by atoms with Crippen LogP contribution in [0.4, 0.5) is 0 Å². The first-order valence-corrected chi connectivity index (χ1v) is 5.20. The van der Waals surface area contributed by atoms with Crippen molar-refractivity contribution in [2.75, 3.05) is 0 Å². The lowest BCUT2D eigenvalue weighted by atomic mass is 9.80. The van der Waals surface area contributed by atoms with Gasteiger partial charge in [0.05, 0.1) is 0 Å². The zero-order valence-electron chi connectivity index (χ0n) is 8.75. The molecular weight excluding hydrogens is 180 g/mol. The Morgan fingerprint density at radius 3 is 2.93 bits per heavy atom. The molecule has 0 bridgehead atoms. The lowest BCUT2D eigenvalue weighted by Gasteiger charge is -2.21. The highest BCUT2D eigenvalue weighted by Gasteiger charge is 2.34. The highest BCUT2D eigenvalue weighted by atomic mass is 16.8. The molecule has 2 rings (SSSR count). The molecule has 0 spiro atoms. The summed E-state index contributed by atoms with van der Waals surface area (Å²) in [7, 11) is 0. The van der Waals surface area contributed by atoms with Crippen molar-refractivity contribution in [3.63, 3.8) is 0 Å². The maximum absolute atomic E-state index is 11.3. The largest absolute Gasteiger partial charge is 0.359 e.